The van der Waals surface area contributed by atoms with E-state index in [4.69, 9.17) is 9.47 Å². The van der Waals surface area contributed by atoms with E-state index >= 15 is 0 Å². The predicted octanol–water partition coefficient (Wildman–Crippen LogP) is 6.48. The zero-order valence-corrected chi connectivity index (χ0v) is 23.4. The van der Waals surface area contributed by atoms with E-state index in [1.54, 1.807) is 80.6 Å². The third kappa shape index (κ3) is 6.91. The number of carbonyl (C=O) groups is 1. The summed E-state index contributed by atoms with van der Waals surface area (Å²) in [6.07, 6.45) is -0.505. The summed E-state index contributed by atoms with van der Waals surface area (Å²) in [5.41, 5.74) is 2.84. The summed E-state index contributed by atoms with van der Waals surface area (Å²) < 4.78 is 54.5. The second kappa shape index (κ2) is 11.7. The molecule has 1 saturated heterocycles. The first-order chi connectivity index (χ1) is 19.6. The van der Waals surface area contributed by atoms with Crippen LogP contribution in [0.2, 0.25) is 0 Å². The molecule has 0 radical (unpaired) electrons. The molecule has 0 aromatic heterocycles. The van der Waals surface area contributed by atoms with E-state index in [0.717, 1.165) is 0 Å². The first kappa shape index (κ1) is 28.3. The lowest BCUT2D eigenvalue weighted by molar-refractivity contribution is -0.136. The molecular formula is C31H30FN3O5S. The van der Waals surface area contributed by atoms with Gasteiger partial charge in [-0.3, -0.25) is 4.31 Å². The predicted molar refractivity (Wildman–Crippen MR) is 157 cm³/mol. The highest BCUT2D eigenvalue weighted by molar-refractivity contribution is 7.92. The molecule has 1 atom stereocenters. The Morgan fingerprint density at radius 1 is 0.878 bits per heavy atom. The molecule has 4 aromatic carbocycles. The van der Waals surface area contributed by atoms with Crippen LogP contribution in [0.15, 0.2) is 108 Å². The quantitative estimate of drug-likeness (QED) is 0.251. The number of sulfonamides is 1. The Morgan fingerprint density at radius 3 is 2.17 bits per heavy atom. The number of hydrogen-bond acceptors (Lipinski definition) is 5. The minimum atomic E-state index is -4.07. The molecule has 1 unspecified atom stereocenters. The summed E-state index contributed by atoms with van der Waals surface area (Å²) in [6.45, 7) is 3.79. The van der Waals surface area contributed by atoms with Crippen molar-refractivity contribution in [2.75, 3.05) is 28.1 Å². The lowest BCUT2D eigenvalue weighted by Crippen LogP contribution is -2.39. The molecule has 5 rings (SSSR count). The second-order valence-corrected chi connectivity index (χ2v) is 11.9. The number of carbonyl (C=O) groups excluding carboxylic acids is 1. The van der Waals surface area contributed by atoms with Crippen molar-refractivity contribution in [2.24, 2.45) is 0 Å². The maximum Gasteiger partial charge on any atom is 0.323 e. The fourth-order valence-electron chi connectivity index (χ4n) is 4.51. The standard InChI is InChI=1S/C31H30FN3O5S/c1-31(2)39-21-28(40-31)20-35(27-17-15-26(16-18-27)34-30(36)33-25-8-4-3-5-9-25)41(37,38)29-10-6-7-23(19-29)22-11-13-24(32)14-12-22/h3-19,28H,20-21H2,1-2H3,(H2,33,34,36). The van der Waals surface area contributed by atoms with E-state index in [1.807, 2.05) is 18.2 Å². The summed E-state index contributed by atoms with van der Waals surface area (Å²) >= 11 is 0. The maximum absolute atomic E-state index is 14.1. The highest BCUT2D eigenvalue weighted by atomic mass is 32.2. The topological polar surface area (TPSA) is 97.0 Å². The molecule has 10 heteroatoms. The molecule has 0 aliphatic carbocycles. The van der Waals surface area contributed by atoms with Gasteiger partial charge in [0.15, 0.2) is 5.79 Å². The van der Waals surface area contributed by atoms with Crippen molar-refractivity contribution < 1.29 is 27.1 Å². The van der Waals surface area contributed by atoms with Gasteiger partial charge < -0.3 is 20.1 Å². The molecule has 41 heavy (non-hydrogen) atoms. The van der Waals surface area contributed by atoms with Crippen molar-refractivity contribution in [1.82, 2.24) is 0 Å². The minimum absolute atomic E-state index is 0.00775. The molecule has 2 amide bonds. The van der Waals surface area contributed by atoms with E-state index < -0.39 is 27.9 Å². The number of nitrogens with one attached hydrogen (secondary N) is 2. The molecule has 1 fully saturated rings. The Kier molecular flexibility index (Phi) is 8.07. The van der Waals surface area contributed by atoms with Gasteiger partial charge in [-0.1, -0.05) is 42.5 Å². The average molecular weight is 576 g/mol. The molecule has 1 aliphatic heterocycles. The number of benzene rings is 4. The van der Waals surface area contributed by atoms with Crippen LogP contribution in [-0.2, 0) is 19.5 Å². The molecule has 0 spiro atoms. The molecule has 4 aromatic rings. The van der Waals surface area contributed by atoms with Crippen LogP contribution in [0, 0.1) is 5.82 Å². The first-order valence-corrected chi connectivity index (χ1v) is 14.5. The van der Waals surface area contributed by atoms with E-state index in [-0.39, 0.29) is 23.9 Å². The van der Waals surface area contributed by atoms with Crippen LogP contribution in [0.3, 0.4) is 0 Å². The number of ether oxygens (including phenoxy) is 2. The van der Waals surface area contributed by atoms with Gasteiger partial charge in [0, 0.05) is 11.4 Å². The Bertz CT molecular complexity index is 1610. The fraction of sp³-hybridized carbons (Fsp3) is 0.194. The summed E-state index contributed by atoms with van der Waals surface area (Å²) in [5, 5.41) is 5.49. The Hall–Kier alpha value is -4.25. The Morgan fingerprint density at radius 2 is 1.54 bits per heavy atom. The van der Waals surface area contributed by atoms with E-state index in [9.17, 15) is 17.6 Å². The largest absolute Gasteiger partial charge is 0.348 e. The Balaban J connectivity index is 1.42. The number of rotatable bonds is 8. The van der Waals surface area contributed by atoms with Crippen molar-refractivity contribution in [2.45, 2.75) is 30.6 Å². The summed E-state index contributed by atoms with van der Waals surface area (Å²) in [5.74, 6) is -1.21. The van der Waals surface area contributed by atoms with Gasteiger partial charge in [0.25, 0.3) is 10.0 Å². The van der Waals surface area contributed by atoms with Gasteiger partial charge in [0.1, 0.15) is 11.9 Å². The number of hydrogen-bond donors (Lipinski definition) is 2. The van der Waals surface area contributed by atoms with Gasteiger partial charge in [-0.25, -0.2) is 17.6 Å². The molecular weight excluding hydrogens is 545 g/mol. The Labute approximate surface area is 238 Å². The molecule has 1 heterocycles. The maximum atomic E-state index is 14.1. The van der Waals surface area contributed by atoms with Gasteiger partial charge >= 0.3 is 6.03 Å². The number of para-hydroxylation sites is 1. The van der Waals surface area contributed by atoms with Crippen LogP contribution in [0.25, 0.3) is 11.1 Å². The van der Waals surface area contributed by atoms with Crippen LogP contribution in [0.1, 0.15) is 13.8 Å². The summed E-state index contributed by atoms with van der Waals surface area (Å²) in [6, 6.07) is 27.5. The fourth-order valence-corrected chi connectivity index (χ4v) is 6.05. The summed E-state index contributed by atoms with van der Waals surface area (Å²) in [7, 11) is -4.07. The van der Waals surface area contributed by atoms with Gasteiger partial charge in [0.05, 0.1) is 23.7 Å². The highest BCUT2D eigenvalue weighted by Crippen LogP contribution is 2.31. The lowest BCUT2D eigenvalue weighted by atomic mass is 10.1. The zero-order chi connectivity index (χ0) is 29.0. The lowest BCUT2D eigenvalue weighted by Gasteiger charge is -2.27. The van der Waals surface area contributed by atoms with Crippen molar-refractivity contribution in [3.63, 3.8) is 0 Å². The van der Waals surface area contributed by atoms with Crippen LogP contribution >= 0.6 is 0 Å². The third-order valence-electron chi connectivity index (χ3n) is 6.48. The molecule has 2 N–H and O–H groups in total. The van der Waals surface area contributed by atoms with Crippen LogP contribution in [0.5, 0.6) is 0 Å². The average Bonchev–Trinajstić information content (AvgIpc) is 3.31. The van der Waals surface area contributed by atoms with E-state index in [1.165, 1.54) is 22.5 Å². The number of nitrogens with zero attached hydrogens (tertiary/aromatic N) is 1. The monoisotopic (exact) mass is 575 g/mol. The van der Waals surface area contributed by atoms with E-state index in [0.29, 0.717) is 28.2 Å². The first-order valence-electron chi connectivity index (χ1n) is 13.0. The molecule has 0 saturated carbocycles. The van der Waals surface area contributed by atoms with Gasteiger partial charge in [-0.15, -0.1) is 0 Å². The van der Waals surface area contributed by atoms with Gasteiger partial charge in [0.2, 0.25) is 0 Å². The molecule has 0 bridgehead atoms. The van der Waals surface area contributed by atoms with Crippen LogP contribution in [-0.4, -0.2) is 39.5 Å². The minimum Gasteiger partial charge on any atom is -0.348 e. The van der Waals surface area contributed by atoms with Gasteiger partial charge in [-0.2, -0.15) is 0 Å². The molecule has 212 valence electrons. The van der Waals surface area contributed by atoms with Crippen molar-refractivity contribution in [3.8, 4) is 11.1 Å². The number of anilines is 3. The zero-order valence-electron chi connectivity index (χ0n) is 22.6. The molecule has 1 aliphatic rings. The third-order valence-corrected chi connectivity index (χ3v) is 8.27. The van der Waals surface area contributed by atoms with Crippen LogP contribution in [0.4, 0.5) is 26.2 Å². The van der Waals surface area contributed by atoms with Gasteiger partial charge in [-0.05, 0) is 85.6 Å². The second-order valence-electron chi connectivity index (χ2n) is 10.0. The van der Waals surface area contributed by atoms with Crippen LogP contribution < -0.4 is 14.9 Å². The smallest absolute Gasteiger partial charge is 0.323 e. The number of amides is 2. The number of urea groups is 1. The van der Waals surface area contributed by atoms with E-state index in [2.05, 4.69) is 10.6 Å². The normalized spacial score (nSPS) is 16.2. The van der Waals surface area contributed by atoms with Crippen molar-refractivity contribution in [3.05, 3.63) is 109 Å². The highest BCUT2D eigenvalue weighted by Gasteiger charge is 2.36. The number of halogens is 1. The summed E-state index contributed by atoms with van der Waals surface area (Å²) in [4.78, 5) is 12.5. The SMILES string of the molecule is CC1(C)OCC(CN(c2ccc(NC(=O)Nc3ccccc3)cc2)S(=O)(=O)c2cccc(-c3ccc(F)cc3)c2)O1. The molecule has 8 nitrogen and oxygen atoms in total. The van der Waals surface area contributed by atoms with Crippen molar-refractivity contribution in [1.29, 1.82) is 0 Å². The van der Waals surface area contributed by atoms with Crippen molar-refractivity contribution >= 4 is 33.1 Å².